The zero-order valence-corrected chi connectivity index (χ0v) is 20.8. The maximum absolute atomic E-state index is 13.6. The molecule has 0 fully saturated rings. The molecule has 10 heteroatoms. The van der Waals surface area contributed by atoms with Crippen molar-refractivity contribution in [1.29, 1.82) is 0 Å². The van der Waals surface area contributed by atoms with Crippen molar-refractivity contribution in [2.75, 3.05) is 26.4 Å². The number of ether oxygens (including phenoxy) is 3. The van der Waals surface area contributed by atoms with Gasteiger partial charge in [-0.3, -0.25) is 10.4 Å². The SMILES string of the molecule is Cc1cc(C)nc(O[C@H](C(=O)OCCOCCON(O)O)C(C)(C2=CCCC=C2)c2ccccc2)n1. The molecule has 0 aliphatic heterocycles. The number of allylic oxidation sites excluding steroid dienone is 3. The zero-order valence-electron chi connectivity index (χ0n) is 20.8. The first-order chi connectivity index (χ1) is 17.3. The van der Waals surface area contributed by atoms with Crippen LogP contribution in [0, 0.1) is 13.8 Å². The Morgan fingerprint density at radius 3 is 2.39 bits per heavy atom. The second-order valence-corrected chi connectivity index (χ2v) is 8.50. The number of aryl methyl sites for hydroxylation is 2. The monoisotopic (exact) mass is 499 g/mol. The lowest BCUT2D eigenvalue weighted by Gasteiger charge is -2.38. The molecule has 0 saturated carbocycles. The normalized spacial score (nSPS) is 15.8. The van der Waals surface area contributed by atoms with Crippen LogP contribution >= 0.6 is 0 Å². The minimum atomic E-state index is -1.09. The van der Waals surface area contributed by atoms with E-state index in [-0.39, 0.29) is 37.8 Å². The van der Waals surface area contributed by atoms with Crippen molar-refractivity contribution in [1.82, 2.24) is 15.4 Å². The molecule has 2 aromatic rings. The lowest BCUT2D eigenvalue weighted by Crippen LogP contribution is -2.49. The molecule has 1 heterocycles. The average molecular weight is 500 g/mol. The molecular weight excluding hydrogens is 466 g/mol. The Kier molecular flexibility index (Phi) is 10.1. The molecular formula is C26H33N3O7. The third-order valence-electron chi connectivity index (χ3n) is 5.80. The molecule has 3 rings (SSSR count). The van der Waals surface area contributed by atoms with Gasteiger partial charge in [0, 0.05) is 11.4 Å². The highest BCUT2D eigenvalue weighted by atomic mass is 17.1. The van der Waals surface area contributed by atoms with Gasteiger partial charge in [-0.05, 0) is 50.8 Å². The number of benzene rings is 1. The minimum absolute atomic E-state index is 0.0336. The summed E-state index contributed by atoms with van der Waals surface area (Å²) in [5.74, 6) is -0.583. The third-order valence-corrected chi connectivity index (χ3v) is 5.80. The first-order valence-electron chi connectivity index (χ1n) is 11.8. The quantitative estimate of drug-likeness (QED) is 0.240. The van der Waals surface area contributed by atoms with Crippen molar-refractivity contribution in [2.45, 2.75) is 45.1 Å². The van der Waals surface area contributed by atoms with Crippen LogP contribution in [0.15, 0.2) is 60.2 Å². The number of rotatable bonds is 13. The van der Waals surface area contributed by atoms with Gasteiger partial charge in [-0.2, -0.15) is 0 Å². The molecule has 10 nitrogen and oxygen atoms in total. The van der Waals surface area contributed by atoms with Crippen LogP contribution in [-0.2, 0) is 24.5 Å². The zero-order chi connectivity index (χ0) is 26.0. The Balaban J connectivity index is 1.87. The van der Waals surface area contributed by atoms with Crippen LogP contribution < -0.4 is 4.74 Å². The maximum Gasteiger partial charge on any atom is 0.348 e. The molecule has 194 valence electrons. The second kappa shape index (κ2) is 13.2. The van der Waals surface area contributed by atoms with Crippen LogP contribution in [0.1, 0.15) is 36.7 Å². The Hall–Kier alpha value is -3.15. The van der Waals surface area contributed by atoms with E-state index in [1.54, 1.807) is 0 Å². The highest BCUT2D eigenvalue weighted by molar-refractivity contribution is 5.79. The summed E-state index contributed by atoms with van der Waals surface area (Å²) >= 11 is 0. The Bertz CT molecular complexity index is 1040. The summed E-state index contributed by atoms with van der Waals surface area (Å²) in [6.07, 6.45) is 6.92. The fourth-order valence-electron chi connectivity index (χ4n) is 4.06. The molecule has 0 spiro atoms. The van der Waals surface area contributed by atoms with Crippen LogP contribution in [0.25, 0.3) is 0 Å². The first-order valence-corrected chi connectivity index (χ1v) is 11.8. The van der Waals surface area contributed by atoms with E-state index in [1.165, 1.54) is 0 Å². The van der Waals surface area contributed by atoms with E-state index in [9.17, 15) is 4.79 Å². The lowest BCUT2D eigenvalue weighted by atomic mass is 9.70. The Morgan fingerprint density at radius 2 is 1.75 bits per heavy atom. The number of carbonyl (C=O) groups excluding carboxylic acids is 1. The number of aromatic nitrogens is 2. The summed E-state index contributed by atoms with van der Waals surface area (Å²) in [7, 11) is 0. The van der Waals surface area contributed by atoms with Crippen molar-refractivity contribution < 1.29 is 34.3 Å². The van der Waals surface area contributed by atoms with E-state index in [2.05, 4.69) is 27.0 Å². The molecule has 0 radical (unpaired) electrons. The first kappa shape index (κ1) is 27.4. The topological polar surface area (TPSA) is 123 Å². The van der Waals surface area contributed by atoms with Gasteiger partial charge in [0.25, 0.3) is 0 Å². The molecule has 0 amide bonds. The van der Waals surface area contributed by atoms with Crippen molar-refractivity contribution in [3.8, 4) is 6.01 Å². The van der Waals surface area contributed by atoms with E-state index < -0.39 is 17.5 Å². The van der Waals surface area contributed by atoms with Gasteiger partial charge in [0.05, 0.1) is 30.6 Å². The van der Waals surface area contributed by atoms with E-state index in [1.807, 2.05) is 63.2 Å². The van der Waals surface area contributed by atoms with Gasteiger partial charge < -0.3 is 14.2 Å². The summed E-state index contributed by atoms with van der Waals surface area (Å²) in [5.41, 5.74) is 2.39. The summed E-state index contributed by atoms with van der Waals surface area (Å²) < 4.78 is 17.1. The number of esters is 1. The molecule has 2 N–H and O–H groups in total. The summed E-state index contributed by atoms with van der Waals surface area (Å²) in [4.78, 5) is 26.8. The summed E-state index contributed by atoms with van der Waals surface area (Å²) in [6, 6.07) is 11.6. The molecule has 0 bridgehead atoms. The molecule has 36 heavy (non-hydrogen) atoms. The largest absolute Gasteiger partial charge is 0.460 e. The molecule has 1 aliphatic rings. The molecule has 0 saturated heterocycles. The number of nitrogens with zero attached hydrogens (tertiary/aromatic N) is 3. The smallest absolute Gasteiger partial charge is 0.348 e. The van der Waals surface area contributed by atoms with E-state index in [0.29, 0.717) is 0 Å². The minimum Gasteiger partial charge on any atom is -0.460 e. The van der Waals surface area contributed by atoms with E-state index >= 15 is 0 Å². The molecule has 1 unspecified atom stereocenters. The standard InChI is InChI=1S/C26H33N3O7/c1-19-18-20(2)28-25(27-19)36-23(24(30)34-16-14-33-15-17-35-29(31)32)26(3,21-10-6-4-7-11-21)22-12-8-5-9-13-22/h4,6-8,10-13,18,23,31-32H,5,9,14-17H2,1-3H3/t23-,26?/m1/s1. The summed E-state index contributed by atoms with van der Waals surface area (Å²) in [6.45, 7) is 5.69. The van der Waals surface area contributed by atoms with E-state index in [4.69, 9.17) is 24.6 Å². The predicted molar refractivity (Wildman–Crippen MR) is 129 cm³/mol. The summed E-state index contributed by atoms with van der Waals surface area (Å²) in [5, 5.41) is 16.7. The highest BCUT2D eigenvalue weighted by Gasteiger charge is 2.46. The Morgan fingerprint density at radius 1 is 1.06 bits per heavy atom. The number of hydrogen-bond donors (Lipinski definition) is 2. The number of carbonyl (C=O) groups is 1. The van der Waals surface area contributed by atoms with Gasteiger partial charge in [0.1, 0.15) is 6.61 Å². The lowest BCUT2D eigenvalue weighted by molar-refractivity contribution is -0.493. The third kappa shape index (κ3) is 7.42. The van der Waals surface area contributed by atoms with Crippen LogP contribution in [-0.4, -0.2) is 64.3 Å². The van der Waals surface area contributed by atoms with Gasteiger partial charge in [0.15, 0.2) is 0 Å². The van der Waals surface area contributed by atoms with Gasteiger partial charge in [-0.1, -0.05) is 48.6 Å². The van der Waals surface area contributed by atoms with Gasteiger partial charge in [-0.25, -0.2) is 19.6 Å². The van der Waals surface area contributed by atoms with Crippen molar-refractivity contribution >= 4 is 5.97 Å². The van der Waals surface area contributed by atoms with Crippen LogP contribution in [0.2, 0.25) is 0 Å². The van der Waals surface area contributed by atoms with Crippen LogP contribution in [0.5, 0.6) is 6.01 Å². The second-order valence-electron chi connectivity index (χ2n) is 8.50. The van der Waals surface area contributed by atoms with Crippen molar-refractivity contribution in [3.05, 3.63) is 77.2 Å². The van der Waals surface area contributed by atoms with Gasteiger partial charge >= 0.3 is 12.0 Å². The highest BCUT2D eigenvalue weighted by Crippen LogP contribution is 2.40. The predicted octanol–water partition coefficient (Wildman–Crippen LogP) is 3.65. The van der Waals surface area contributed by atoms with E-state index in [0.717, 1.165) is 35.4 Å². The number of hydrogen-bond acceptors (Lipinski definition) is 10. The van der Waals surface area contributed by atoms with Gasteiger partial charge in [-0.15, -0.1) is 0 Å². The van der Waals surface area contributed by atoms with Crippen LogP contribution in [0.4, 0.5) is 0 Å². The molecule has 2 atom stereocenters. The fourth-order valence-corrected chi connectivity index (χ4v) is 4.06. The van der Waals surface area contributed by atoms with Gasteiger partial charge in [0.2, 0.25) is 6.10 Å². The average Bonchev–Trinajstić information content (AvgIpc) is 2.86. The van der Waals surface area contributed by atoms with Crippen molar-refractivity contribution in [2.24, 2.45) is 0 Å². The molecule has 1 aromatic heterocycles. The van der Waals surface area contributed by atoms with Crippen LogP contribution in [0.3, 0.4) is 0 Å². The maximum atomic E-state index is 13.6. The van der Waals surface area contributed by atoms with Crippen molar-refractivity contribution in [3.63, 3.8) is 0 Å². The Labute approximate surface area is 210 Å². The molecule has 1 aromatic carbocycles. The molecule has 1 aliphatic carbocycles. The fraction of sp³-hybridized carbons (Fsp3) is 0.423.